The molecule has 0 saturated carbocycles. The van der Waals surface area contributed by atoms with Crippen molar-refractivity contribution in [1.29, 1.82) is 0 Å². The minimum absolute atomic E-state index is 0. The molecule has 0 spiro atoms. The minimum Gasteiger partial charge on any atom is -0.427 e. The van der Waals surface area contributed by atoms with Crippen LogP contribution in [0.3, 0.4) is 0 Å². The van der Waals surface area contributed by atoms with Crippen LogP contribution in [-0.4, -0.2) is 47.7 Å². The molecular weight excluding hydrogens is 400 g/mol. The summed E-state index contributed by atoms with van der Waals surface area (Å²) in [6.07, 6.45) is 2.00. The van der Waals surface area contributed by atoms with Crippen molar-refractivity contribution >= 4 is 18.3 Å². The summed E-state index contributed by atoms with van der Waals surface area (Å²) in [6.45, 7) is 6.06. The Hall–Kier alpha value is -2.23. The zero-order chi connectivity index (χ0) is 20.1. The highest BCUT2D eigenvalue weighted by Gasteiger charge is 2.26. The maximum Gasteiger partial charge on any atom is 0.349 e. The van der Waals surface area contributed by atoms with Gasteiger partial charge in [0.25, 0.3) is 5.91 Å². The number of hydrogen-bond donors (Lipinski definition) is 1. The molecule has 0 bridgehead atoms. The Morgan fingerprint density at radius 1 is 1.45 bits per heavy atom. The Kier molecular flexibility index (Phi) is 8.36. The number of halogens is 1. The van der Waals surface area contributed by atoms with Crippen molar-refractivity contribution < 1.29 is 18.5 Å². The van der Waals surface area contributed by atoms with Crippen LogP contribution >= 0.6 is 12.4 Å². The van der Waals surface area contributed by atoms with Crippen LogP contribution in [-0.2, 0) is 17.9 Å². The topological polar surface area (TPSA) is 111 Å². The van der Waals surface area contributed by atoms with Gasteiger partial charge in [-0.15, -0.1) is 12.4 Å². The predicted octanol–water partition coefficient (Wildman–Crippen LogP) is 2.03. The van der Waals surface area contributed by atoms with Gasteiger partial charge in [0.05, 0.1) is 0 Å². The zero-order valence-electron chi connectivity index (χ0n) is 16.9. The van der Waals surface area contributed by atoms with Gasteiger partial charge in [-0.2, -0.15) is 4.98 Å². The second-order valence-electron chi connectivity index (χ2n) is 6.89. The van der Waals surface area contributed by atoms with E-state index in [1.807, 2.05) is 13.0 Å². The summed E-state index contributed by atoms with van der Waals surface area (Å²) in [4.78, 5) is 31.2. The molecule has 9 nitrogen and oxygen atoms in total. The van der Waals surface area contributed by atoms with Crippen LogP contribution in [0.1, 0.15) is 59.1 Å². The second kappa shape index (κ2) is 10.5. The van der Waals surface area contributed by atoms with Gasteiger partial charge in [0.1, 0.15) is 24.5 Å². The molecular formula is C19H27ClN4O5. The maximum absolute atomic E-state index is 13.0. The number of aryl methyl sites for hydroxylation is 1. The number of nitrogens with zero attached hydrogens (tertiary/aromatic N) is 3. The average Bonchev–Trinajstić information content (AvgIpc) is 3.13. The van der Waals surface area contributed by atoms with E-state index >= 15 is 0 Å². The van der Waals surface area contributed by atoms with Crippen molar-refractivity contribution in [3.05, 3.63) is 45.1 Å². The zero-order valence-corrected chi connectivity index (χ0v) is 17.7. The third kappa shape index (κ3) is 5.43. The first kappa shape index (κ1) is 23.1. The van der Waals surface area contributed by atoms with E-state index in [4.69, 9.17) is 13.7 Å². The first-order chi connectivity index (χ1) is 13.5. The number of aromatic nitrogens is 2. The molecule has 3 heterocycles. The van der Waals surface area contributed by atoms with E-state index in [1.165, 1.54) is 12.0 Å². The smallest absolute Gasteiger partial charge is 0.349 e. The van der Waals surface area contributed by atoms with Crippen molar-refractivity contribution in [3.63, 3.8) is 0 Å². The summed E-state index contributed by atoms with van der Waals surface area (Å²) >= 11 is 0. The lowest BCUT2D eigenvalue weighted by Crippen LogP contribution is -2.35. The van der Waals surface area contributed by atoms with Gasteiger partial charge >= 0.3 is 5.63 Å². The minimum atomic E-state index is -0.602. The summed E-state index contributed by atoms with van der Waals surface area (Å²) in [7, 11) is 1.53. The van der Waals surface area contributed by atoms with Crippen LogP contribution in [0, 0.1) is 6.92 Å². The molecule has 0 aliphatic carbocycles. The fourth-order valence-corrected chi connectivity index (χ4v) is 3.38. The SMILES string of the molecule is CCN(Cc1nc(COC)no1)C(=O)c1c(C)cc(C2CCCNC2)oc1=O.Cl. The fraction of sp³-hybridized carbons (Fsp3) is 0.579. The number of rotatable bonds is 7. The number of ether oxygens (including phenoxy) is 1. The average molecular weight is 427 g/mol. The molecule has 1 amide bonds. The van der Waals surface area contributed by atoms with E-state index in [0.29, 0.717) is 23.7 Å². The Bertz CT molecular complexity index is 876. The molecule has 29 heavy (non-hydrogen) atoms. The van der Waals surface area contributed by atoms with E-state index in [1.54, 1.807) is 6.92 Å². The number of nitrogens with one attached hydrogen (secondary N) is 1. The van der Waals surface area contributed by atoms with E-state index in [0.717, 1.165) is 25.9 Å². The van der Waals surface area contributed by atoms with Gasteiger partial charge < -0.3 is 23.9 Å². The van der Waals surface area contributed by atoms with Crippen LogP contribution in [0.15, 0.2) is 19.8 Å². The normalized spacial score (nSPS) is 16.3. The molecule has 10 heteroatoms. The third-order valence-electron chi connectivity index (χ3n) is 4.86. The predicted molar refractivity (Wildman–Crippen MR) is 107 cm³/mol. The number of piperidine rings is 1. The number of amides is 1. The highest BCUT2D eigenvalue weighted by Crippen LogP contribution is 2.24. The number of methoxy groups -OCH3 is 1. The molecule has 2 aromatic heterocycles. The van der Waals surface area contributed by atoms with Crippen molar-refractivity contribution in [2.45, 2.75) is 45.8 Å². The van der Waals surface area contributed by atoms with Gasteiger partial charge in [0.2, 0.25) is 5.89 Å². The quantitative estimate of drug-likeness (QED) is 0.715. The van der Waals surface area contributed by atoms with Gasteiger partial charge in [-0.1, -0.05) is 5.16 Å². The Morgan fingerprint density at radius 2 is 2.24 bits per heavy atom. The Labute approximate surface area is 175 Å². The van der Waals surface area contributed by atoms with Crippen molar-refractivity contribution in [2.75, 3.05) is 26.7 Å². The molecule has 0 radical (unpaired) electrons. The molecule has 160 valence electrons. The van der Waals surface area contributed by atoms with E-state index in [2.05, 4.69) is 15.5 Å². The molecule has 1 aliphatic heterocycles. The van der Waals surface area contributed by atoms with Gasteiger partial charge in [0, 0.05) is 26.1 Å². The van der Waals surface area contributed by atoms with Crippen LogP contribution in [0.4, 0.5) is 0 Å². The van der Waals surface area contributed by atoms with Crippen LogP contribution in [0.2, 0.25) is 0 Å². The molecule has 1 atom stereocenters. The summed E-state index contributed by atoms with van der Waals surface area (Å²) in [5.74, 6) is 1.07. The molecule has 1 fully saturated rings. The van der Waals surface area contributed by atoms with Crippen molar-refractivity contribution in [1.82, 2.24) is 20.4 Å². The first-order valence-electron chi connectivity index (χ1n) is 9.48. The molecule has 1 unspecified atom stereocenters. The summed E-state index contributed by atoms with van der Waals surface area (Å²) < 4.78 is 15.6. The molecule has 1 aliphatic rings. The molecule has 3 rings (SSSR count). The number of carbonyl (C=O) groups is 1. The molecule has 1 saturated heterocycles. The standard InChI is InChI=1S/C19H26N4O5.ClH/c1-4-23(10-16-21-15(11-26-3)22-28-16)18(24)17-12(2)8-14(27-19(17)25)13-6-5-7-20-9-13;/h8,13,20H,4-7,9-11H2,1-3H3;1H. The fourth-order valence-electron chi connectivity index (χ4n) is 3.38. The summed E-state index contributed by atoms with van der Waals surface area (Å²) in [6, 6.07) is 1.81. The van der Waals surface area contributed by atoms with Crippen LogP contribution in [0.5, 0.6) is 0 Å². The van der Waals surface area contributed by atoms with E-state index < -0.39 is 11.5 Å². The van der Waals surface area contributed by atoms with Crippen LogP contribution in [0.25, 0.3) is 0 Å². The summed E-state index contributed by atoms with van der Waals surface area (Å²) in [5, 5.41) is 7.09. The van der Waals surface area contributed by atoms with E-state index in [-0.39, 0.29) is 42.9 Å². The van der Waals surface area contributed by atoms with Gasteiger partial charge in [-0.3, -0.25) is 4.79 Å². The molecule has 1 N–H and O–H groups in total. The molecule has 0 aromatic carbocycles. The highest BCUT2D eigenvalue weighted by molar-refractivity contribution is 5.95. The van der Waals surface area contributed by atoms with Crippen molar-refractivity contribution in [2.24, 2.45) is 0 Å². The second-order valence-corrected chi connectivity index (χ2v) is 6.89. The highest BCUT2D eigenvalue weighted by atomic mass is 35.5. The van der Waals surface area contributed by atoms with Crippen molar-refractivity contribution in [3.8, 4) is 0 Å². The number of hydrogen-bond acceptors (Lipinski definition) is 8. The van der Waals surface area contributed by atoms with Crippen LogP contribution < -0.4 is 10.9 Å². The largest absolute Gasteiger partial charge is 0.427 e. The monoisotopic (exact) mass is 426 g/mol. The van der Waals surface area contributed by atoms with Gasteiger partial charge in [0.15, 0.2) is 5.82 Å². The third-order valence-corrected chi connectivity index (χ3v) is 4.86. The van der Waals surface area contributed by atoms with Gasteiger partial charge in [-0.25, -0.2) is 4.79 Å². The van der Waals surface area contributed by atoms with E-state index in [9.17, 15) is 9.59 Å². The summed E-state index contributed by atoms with van der Waals surface area (Å²) in [5.41, 5.74) is 0.0616. The first-order valence-corrected chi connectivity index (χ1v) is 9.48. The lowest BCUT2D eigenvalue weighted by molar-refractivity contribution is 0.0728. The lowest BCUT2D eigenvalue weighted by Gasteiger charge is -2.23. The van der Waals surface area contributed by atoms with Gasteiger partial charge in [-0.05, 0) is 44.9 Å². The Balaban J connectivity index is 0.00000300. The Morgan fingerprint density at radius 3 is 2.86 bits per heavy atom. The molecule has 2 aromatic rings. The maximum atomic E-state index is 13.0. The lowest BCUT2D eigenvalue weighted by atomic mass is 9.95. The number of carbonyl (C=O) groups excluding carboxylic acids is 1.